The van der Waals surface area contributed by atoms with E-state index in [1.165, 1.54) is 122 Å². The first-order valence-electron chi connectivity index (χ1n) is 29.3. The van der Waals surface area contributed by atoms with Crippen LogP contribution in [-0.2, 0) is 33.4 Å². The molecule has 1 saturated heterocycles. The van der Waals surface area contributed by atoms with Gasteiger partial charge in [-0.3, -0.25) is 19.2 Å². The van der Waals surface area contributed by atoms with E-state index < -0.39 is 5.54 Å². The Hall–Kier alpha value is -2.94. The summed E-state index contributed by atoms with van der Waals surface area (Å²) in [6.07, 6.45) is 53.2. The molecule has 0 aromatic heterocycles. The van der Waals surface area contributed by atoms with Crippen molar-refractivity contribution in [1.29, 1.82) is 0 Å². The monoisotopic (exact) mass is 969 g/mol. The van der Waals surface area contributed by atoms with Crippen LogP contribution in [0.15, 0.2) is 36.5 Å². The zero-order chi connectivity index (χ0) is 50.0. The number of hydrogen-bond donors (Lipinski definition) is 1. The van der Waals surface area contributed by atoms with E-state index in [1.54, 1.807) is 0 Å². The molecular weight excluding hydrogens is 861 g/mol. The molecule has 0 atom stereocenters. The number of allylic oxidation sites excluding steroid dienone is 6. The lowest BCUT2D eigenvalue weighted by molar-refractivity contribution is -0.145. The summed E-state index contributed by atoms with van der Waals surface area (Å²) in [5, 5.41) is 3.29. The maximum atomic E-state index is 13.8. The number of likely N-dealkylation sites (tertiary alicyclic amines) is 1. The molecule has 0 bridgehead atoms. The topological polar surface area (TPSA) is 111 Å². The average molecular weight is 970 g/mol. The van der Waals surface area contributed by atoms with Gasteiger partial charge in [-0.25, -0.2) is 0 Å². The van der Waals surface area contributed by atoms with E-state index in [-0.39, 0.29) is 62.3 Å². The first-order valence-corrected chi connectivity index (χ1v) is 29.3. The van der Waals surface area contributed by atoms with E-state index in [1.807, 2.05) is 0 Å². The molecule has 0 aromatic rings. The minimum Gasteiger partial charge on any atom is -0.466 e. The van der Waals surface area contributed by atoms with Crippen LogP contribution in [0, 0.1) is 0 Å². The smallest absolute Gasteiger partial charge is 0.305 e. The predicted octanol–water partition coefficient (Wildman–Crippen LogP) is 16.1. The van der Waals surface area contributed by atoms with Gasteiger partial charge in [0.15, 0.2) is 0 Å². The fraction of sp³-hybridized carbons (Fsp3) is 0.833. The summed E-state index contributed by atoms with van der Waals surface area (Å²) in [5.41, 5.74) is -0.961. The lowest BCUT2D eigenvalue weighted by Gasteiger charge is -2.35. The highest BCUT2D eigenvalue weighted by Gasteiger charge is 2.34. The summed E-state index contributed by atoms with van der Waals surface area (Å²) in [4.78, 5) is 55.8. The van der Waals surface area contributed by atoms with Crippen LogP contribution in [0.2, 0.25) is 0 Å². The Labute approximate surface area is 424 Å². The van der Waals surface area contributed by atoms with Gasteiger partial charge in [0, 0.05) is 37.8 Å². The number of carbonyl (C=O) groups excluding carboxylic acids is 4. The largest absolute Gasteiger partial charge is 0.466 e. The number of hydrogen-bond acceptors (Lipinski definition) is 8. The molecule has 0 aromatic carbocycles. The fourth-order valence-corrected chi connectivity index (χ4v) is 9.05. The van der Waals surface area contributed by atoms with E-state index in [0.717, 1.165) is 103 Å². The normalized spacial score (nSPS) is 13.5. The number of nitrogens with zero attached hydrogens (tertiary/aromatic N) is 1. The van der Waals surface area contributed by atoms with E-state index in [4.69, 9.17) is 14.2 Å². The van der Waals surface area contributed by atoms with Crippen LogP contribution in [0.25, 0.3) is 0 Å². The van der Waals surface area contributed by atoms with Crippen molar-refractivity contribution in [1.82, 2.24) is 10.2 Å². The molecule has 0 spiro atoms. The third-order valence-corrected chi connectivity index (χ3v) is 13.7. The summed E-state index contributed by atoms with van der Waals surface area (Å²) in [6.45, 7) is 10.5. The summed E-state index contributed by atoms with van der Waals surface area (Å²) in [5.74, 6) is -1.06. The van der Waals surface area contributed by atoms with E-state index in [9.17, 15) is 19.2 Å². The molecule has 400 valence electrons. The maximum Gasteiger partial charge on any atom is 0.305 e. The Kier molecular flexibility index (Phi) is 45.2. The highest BCUT2D eigenvalue weighted by atomic mass is 16.5. The Morgan fingerprint density at radius 1 is 0.406 bits per heavy atom. The molecule has 1 rings (SSSR count). The van der Waals surface area contributed by atoms with Crippen LogP contribution in [0.3, 0.4) is 0 Å². The molecule has 9 nitrogen and oxygen atoms in total. The molecule has 1 N–H and O–H groups in total. The number of rotatable bonds is 49. The van der Waals surface area contributed by atoms with Crippen LogP contribution in [-0.4, -0.2) is 73.7 Å². The second-order valence-electron chi connectivity index (χ2n) is 20.2. The van der Waals surface area contributed by atoms with Gasteiger partial charge in [-0.2, -0.15) is 0 Å². The summed E-state index contributed by atoms with van der Waals surface area (Å²) < 4.78 is 17.1. The van der Waals surface area contributed by atoms with Gasteiger partial charge in [-0.1, -0.05) is 179 Å². The van der Waals surface area contributed by atoms with Crippen molar-refractivity contribution in [2.24, 2.45) is 0 Å². The number of carbonyl (C=O) groups is 4. The van der Waals surface area contributed by atoms with Crippen LogP contribution < -0.4 is 5.32 Å². The molecule has 1 fully saturated rings. The van der Waals surface area contributed by atoms with E-state index >= 15 is 0 Å². The predicted molar refractivity (Wildman–Crippen MR) is 289 cm³/mol. The standard InChI is InChI=1S/C60H108N2O7/c1-4-7-10-13-16-19-22-25-28-31-34-40-53-67-57(64)43-47-60(61-56(63)46-52-62-50-38-37-39-51-62,48-44-58(65)68-54-41-35-32-29-26-23-20-17-14-11-8-5-2)49-45-59(66)69-55-42-36-33-30-27-24-21-18-15-12-9-6-3/h13-18H,4-12,19-55H2,1-3H3,(H,61,63)/b16-13-,17-14-,18-15-. The molecule has 0 radical (unpaired) electrons. The fourth-order valence-electron chi connectivity index (χ4n) is 9.05. The molecule has 0 unspecified atom stereocenters. The molecule has 1 amide bonds. The van der Waals surface area contributed by atoms with Crippen LogP contribution in [0.1, 0.15) is 278 Å². The minimum absolute atomic E-state index is 0.0898. The van der Waals surface area contributed by atoms with Gasteiger partial charge in [-0.15, -0.1) is 0 Å². The number of nitrogens with one attached hydrogen (secondary N) is 1. The third-order valence-electron chi connectivity index (χ3n) is 13.7. The van der Waals surface area contributed by atoms with Gasteiger partial charge in [0.05, 0.1) is 19.8 Å². The van der Waals surface area contributed by atoms with Crippen molar-refractivity contribution in [2.45, 2.75) is 283 Å². The Balaban J connectivity index is 2.79. The number of esters is 3. The molecule has 1 aliphatic heterocycles. The van der Waals surface area contributed by atoms with E-state index in [2.05, 4.69) is 67.4 Å². The van der Waals surface area contributed by atoms with Crippen molar-refractivity contribution < 1.29 is 33.4 Å². The highest BCUT2D eigenvalue weighted by Crippen LogP contribution is 2.28. The van der Waals surface area contributed by atoms with Crippen molar-refractivity contribution in [2.75, 3.05) is 39.5 Å². The molecular formula is C60H108N2O7. The Morgan fingerprint density at radius 2 is 0.710 bits per heavy atom. The molecule has 9 heteroatoms. The van der Waals surface area contributed by atoms with Crippen LogP contribution in [0.5, 0.6) is 0 Å². The molecule has 0 saturated carbocycles. The molecule has 1 aliphatic rings. The van der Waals surface area contributed by atoms with Gasteiger partial charge < -0.3 is 24.4 Å². The van der Waals surface area contributed by atoms with Crippen molar-refractivity contribution >= 4 is 23.8 Å². The minimum atomic E-state index is -0.961. The van der Waals surface area contributed by atoms with Crippen molar-refractivity contribution in [3.05, 3.63) is 36.5 Å². The van der Waals surface area contributed by atoms with E-state index in [0.29, 0.717) is 32.8 Å². The second-order valence-corrected chi connectivity index (χ2v) is 20.2. The summed E-state index contributed by atoms with van der Waals surface area (Å²) in [7, 11) is 0. The number of unbranched alkanes of at least 4 members (excludes halogenated alkanes) is 24. The molecule has 69 heavy (non-hydrogen) atoms. The zero-order valence-electron chi connectivity index (χ0n) is 45.3. The van der Waals surface area contributed by atoms with Crippen LogP contribution in [0.4, 0.5) is 0 Å². The van der Waals surface area contributed by atoms with Gasteiger partial charge in [0.1, 0.15) is 0 Å². The first kappa shape index (κ1) is 64.1. The van der Waals surface area contributed by atoms with Crippen molar-refractivity contribution in [3.8, 4) is 0 Å². The molecule has 1 heterocycles. The number of ether oxygens (including phenoxy) is 3. The SMILES string of the molecule is CCCC/C=C\CCCCCCCCOC(=O)CCC(CCC(=O)OCCCCCCCC/C=C\CCCC)(CCC(=O)OCCCCCCCC/C=C\CCCC)NC(=O)CCN1CCCCC1. The first-order chi connectivity index (χ1) is 33.8. The van der Waals surface area contributed by atoms with Gasteiger partial charge in [0.25, 0.3) is 0 Å². The average Bonchev–Trinajstić information content (AvgIpc) is 3.35. The second kappa shape index (κ2) is 48.7. The highest BCUT2D eigenvalue weighted by molar-refractivity contribution is 5.78. The van der Waals surface area contributed by atoms with Gasteiger partial charge in [0.2, 0.25) is 5.91 Å². The zero-order valence-corrected chi connectivity index (χ0v) is 45.3. The molecule has 0 aliphatic carbocycles. The Bertz CT molecular complexity index is 1180. The Morgan fingerprint density at radius 3 is 1.04 bits per heavy atom. The lowest BCUT2D eigenvalue weighted by atomic mass is 9.83. The number of amides is 1. The van der Waals surface area contributed by atoms with Crippen LogP contribution >= 0.6 is 0 Å². The summed E-state index contributed by atoms with van der Waals surface area (Å²) >= 11 is 0. The number of piperidine rings is 1. The van der Waals surface area contributed by atoms with Gasteiger partial charge in [-0.05, 0) is 122 Å². The van der Waals surface area contributed by atoms with Gasteiger partial charge >= 0.3 is 17.9 Å². The lowest BCUT2D eigenvalue weighted by Crippen LogP contribution is -2.50. The van der Waals surface area contributed by atoms with Crippen molar-refractivity contribution in [3.63, 3.8) is 0 Å². The summed E-state index contributed by atoms with van der Waals surface area (Å²) in [6, 6.07) is 0. The third kappa shape index (κ3) is 42.5. The maximum absolute atomic E-state index is 13.8. The quantitative estimate of drug-likeness (QED) is 0.0278.